The van der Waals surface area contributed by atoms with Crippen molar-refractivity contribution >= 4 is 6.03 Å². The summed E-state index contributed by atoms with van der Waals surface area (Å²) in [4.78, 5) is 12.9. The van der Waals surface area contributed by atoms with Crippen LogP contribution in [0.25, 0.3) is 0 Å². The maximum absolute atomic E-state index is 11.8. The van der Waals surface area contributed by atoms with Gasteiger partial charge in [-0.25, -0.2) is 4.79 Å². The molecular weight excluding hydrogens is 254 g/mol. The number of nitrogens with one attached hydrogen (secondary N) is 1. The maximum Gasteiger partial charge on any atom is 0.325 e. The zero-order valence-corrected chi connectivity index (χ0v) is 10.0. The van der Waals surface area contributed by atoms with Gasteiger partial charge in [-0.2, -0.15) is 5.26 Å². The van der Waals surface area contributed by atoms with Gasteiger partial charge in [-0.15, -0.1) is 0 Å². The van der Waals surface area contributed by atoms with E-state index in [0.29, 0.717) is 5.57 Å². The number of ether oxygens (including phenoxy) is 1. The van der Waals surface area contributed by atoms with Gasteiger partial charge >= 0.3 is 6.03 Å². The minimum Gasteiger partial charge on any atom is -0.387 e. The van der Waals surface area contributed by atoms with Gasteiger partial charge in [0.05, 0.1) is 6.07 Å². The Hall–Kier alpha value is -1.66. The second-order valence-corrected chi connectivity index (χ2v) is 5.02. The van der Waals surface area contributed by atoms with Crippen LogP contribution in [-0.2, 0) is 4.74 Å². The fourth-order valence-corrected chi connectivity index (χ4v) is 2.58. The van der Waals surface area contributed by atoms with Crippen LogP contribution >= 0.6 is 0 Å². The molecule has 2 fully saturated rings. The number of carbonyl (C=O) groups excluding carboxylic acids is 1. The quantitative estimate of drug-likeness (QED) is 0.444. The predicted molar refractivity (Wildman–Crippen MR) is 58.9 cm³/mol. The second kappa shape index (κ2) is 3.68. The number of aliphatic hydroxyl groups excluding tert-OH is 2. The highest BCUT2D eigenvalue weighted by atomic mass is 16.6. The maximum atomic E-state index is 11.8. The fourth-order valence-electron chi connectivity index (χ4n) is 2.58. The van der Waals surface area contributed by atoms with Crippen molar-refractivity contribution in [2.45, 2.75) is 37.2 Å². The van der Waals surface area contributed by atoms with E-state index >= 15 is 0 Å². The Morgan fingerprint density at radius 3 is 2.89 bits per heavy atom. The predicted octanol–water partition coefficient (Wildman–Crippen LogP) is -1.80. The minimum atomic E-state index is -1.61. The third kappa shape index (κ3) is 1.44. The van der Waals surface area contributed by atoms with Crippen molar-refractivity contribution in [2.24, 2.45) is 5.92 Å². The van der Waals surface area contributed by atoms with Gasteiger partial charge in [0.1, 0.15) is 23.7 Å². The van der Waals surface area contributed by atoms with Gasteiger partial charge in [0.15, 0.2) is 12.5 Å². The third-order valence-electron chi connectivity index (χ3n) is 3.86. The molecular formula is C11H13N3O5. The van der Waals surface area contributed by atoms with Crippen molar-refractivity contribution in [2.75, 3.05) is 0 Å². The molecule has 0 aromatic rings. The smallest absolute Gasteiger partial charge is 0.325 e. The van der Waals surface area contributed by atoms with E-state index in [-0.39, 0.29) is 0 Å². The molecule has 8 nitrogen and oxygen atoms in total. The van der Waals surface area contributed by atoms with Crippen molar-refractivity contribution in [3.8, 4) is 6.07 Å². The molecule has 0 bridgehead atoms. The molecule has 2 heterocycles. The van der Waals surface area contributed by atoms with Gasteiger partial charge in [0.25, 0.3) is 0 Å². The first kappa shape index (κ1) is 12.4. The molecule has 3 aliphatic rings. The fraction of sp³-hybridized carbons (Fsp3) is 0.636. The summed E-state index contributed by atoms with van der Waals surface area (Å²) in [7, 11) is 0. The van der Waals surface area contributed by atoms with Gasteiger partial charge < -0.3 is 25.4 Å². The molecule has 2 unspecified atom stereocenters. The topological polar surface area (TPSA) is 126 Å². The number of hydrogen-bond donors (Lipinski definition) is 4. The van der Waals surface area contributed by atoms with Crippen molar-refractivity contribution < 1.29 is 24.9 Å². The highest BCUT2D eigenvalue weighted by Crippen LogP contribution is 2.54. The van der Waals surface area contributed by atoms with E-state index in [0.717, 1.165) is 4.90 Å². The Balaban J connectivity index is 1.89. The lowest BCUT2D eigenvalue weighted by molar-refractivity contribution is -0.0527. The van der Waals surface area contributed by atoms with E-state index < -0.39 is 42.2 Å². The minimum absolute atomic E-state index is 0.480. The van der Waals surface area contributed by atoms with E-state index in [1.807, 2.05) is 6.07 Å². The molecule has 1 saturated carbocycles. The van der Waals surface area contributed by atoms with Crippen molar-refractivity contribution in [3.63, 3.8) is 0 Å². The lowest BCUT2D eigenvalue weighted by Crippen LogP contribution is -2.54. The Bertz CT molecular complexity index is 515. The number of fused-ring (bicyclic) bond motifs is 1. The zero-order chi connectivity index (χ0) is 13.9. The number of hydrogen-bond acceptors (Lipinski definition) is 6. The molecule has 0 spiro atoms. The Morgan fingerprint density at radius 2 is 2.26 bits per heavy atom. The van der Waals surface area contributed by atoms with Gasteiger partial charge in [-0.1, -0.05) is 0 Å². The summed E-state index contributed by atoms with van der Waals surface area (Å²) in [5.41, 5.74) is -1.13. The van der Waals surface area contributed by atoms with Crippen LogP contribution in [0, 0.1) is 17.2 Å². The van der Waals surface area contributed by atoms with Crippen LogP contribution < -0.4 is 5.32 Å². The highest BCUT2D eigenvalue weighted by molar-refractivity contribution is 5.77. The Morgan fingerprint density at radius 1 is 1.58 bits per heavy atom. The Kier molecular flexibility index (Phi) is 2.40. The average Bonchev–Trinajstić information content (AvgIpc) is 2.74. The first-order valence-corrected chi connectivity index (χ1v) is 5.82. The summed E-state index contributed by atoms with van der Waals surface area (Å²) in [5, 5.41) is 40.4. The second-order valence-electron chi connectivity index (χ2n) is 5.02. The summed E-state index contributed by atoms with van der Waals surface area (Å²) in [6, 6.07) is 1.25. The van der Waals surface area contributed by atoms with Gasteiger partial charge in [0.2, 0.25) is 0 Å². The molecule has 4 N–H and O–H groups in total. The molecule has 0 aromatic carbocycles. The van der Waals surface area contributed by atoms with Crippen LogP contribution in [0.5, 0.6) is 0 Å². The molecule has 2 amide bonds. The molecule has 0 radical (unpaired) electrons. The lowest BCUT2D eigenvalue weighted by atomic mass is 10.00. The molecule has 6 atom stereocenters. The average molecular weight is 267 g/mol. The largest absolute Gasteiger partial charge is 0.387 e. The van der Waals surface area contributed by atoms with Gasteiger partial charge in [-0.3, -0.25) is 4.90 Å². The molecule has 1 saturated heterocycles. The number of nitrogens with zero attached hydrogens (tertiary/aromatic N) is 2. The van der Waals surface area contributed by atoms with Gasteiger partial charge in [-0.05, 0) is 12.5 Å². The third-order valence-corrected chi connectivity index (χ3v) is 3.86. The molecule has 8 heteroatoms. The molecule has 19 heavy (non-hydrogen) atoms. The molecule has 3 rings (SSSR count). The number of rotatable bonds is 1. The number of amides is 2. The summed E-state index contributed by atoms with van der Waals surface area (Å²) in [5.74, 6) is -1.04. The van der Waals surface area contributed by atoms with Crippen molar-refractivity contribution in [1.82, 2.24) is 10.2 Å². The molecule has 2 aliphatic heterocycles. The summed E-state index contributed by atoms with van der Waals surface area (Å²) >= 11 is 0. The first-order valence-electron chi connectivity index (χ1n) is 5.82. The number of carbonyl (C=O) groups is 1. The first-order chi connectivity index (χ1) is 8.91. The summed E-state index contributed by atoms with van der Waals surface area (Å²) < 4.78 is 5.36. The van der Waals surface area contributed by atoms with Crippen LogP contribution in [0.4, 0.5) is 4.79 Å². The number of nitriles is 1. The van der Waals surface area contributed by atoms with Gasteiger partial charge in [0, 0.05) is 6.20 Å². The van der Waals surface area contributed by atoms with E-state index in [2.05, 4.69) is 5.32 Å². The molecule has 0 aromatic heterocycles. The van der Waals surface area contributed by atoms with Crippen LogP contribution in [0.2, 0.25) is 0 Å². The van der Waals surface area contributed by atoms with Crippen molar-refractivity contribution in [3.05, 3.63) is 11.8 Å². The van der Waals surface area contributed by atoms with Crippen LogP contribution in [0.1, 0.15) is 6.92 Å². The number of aliphatic hydroxyl groups is 3. The van der Waals surface area contributed by atoms with E-state index in [4.69, 9.17) is 10.00 Å². The Labute approximate surface area is 108 Å². The number of urea groups is 1. The SMILES string of the molecule is CC1=CN([C@@H]2O[C@@H]3C(O)[C@]3(O)[C@H]2C#N)C(=O)NC1O. The lowest BCUT2D eigenvalue weighted by Gasteiger charge is -2.34. The van der Waals surface area contributed by atoms with Crippen LogP contribution in [0.15, 0.2) is 11.8 Å². The van der Waals surface area contributed by atoms with E-state index in [1.54, 1.807) is 6.92 Å². The highest BCUT2D eigenvalue weighted by Gasteiger charge is 2.77. The molecule has 102 valence electrons. The standard InChI is InChI=1S/C11H13N3O5/c1-4-3-14(10(17)13-8(4)16)9-5(2-12)11(18)6(15)7(11)19-9/h3,5-9,15-16,18H,1H3,(H,13,17)/t5-,6?,7+,8?,9+,11+/m0/s1. The zero-order valence-electron chi connectivity index (χ0n) is 10.0. The summed E-state index contributed by atoms with van der Waals surface area (Å²) in [6.45, 7) is 1.61. The van der Waals surface area contributed by atoms with Crippen LogP contribution in [-0.4, -0.2) is 56.5 Å². The van der Waals surface area contributed by atoms with Crippen LogP contribution in [0.3, 0.4) is 0 Å². The summed E-state index contributed by atoms with van der Waals surface area (Å²) in [6.07, 6.45) is -2.63. The van der Waals surface area contributed by atoms with E-state index in [9.17, 15) is 20.1 Å². The van der Waals surface area contributed by atoms with E-state index in [1.165, 1.54) is 6.20 Å². The molecule has 1 aliphatic carbocycles. The monoisotopic (exact) mass is 267 g/mol. The normalized spacial score (nSPS) is 48.2. The van der Waals surface area contributed by atoms with Crippen molar-refractivity contribution in [1.29, 1.82) is 5.26 Å².